The number of rotatable bonds is 6. The molecular formula is C23H14ClF3N2O5S. The average Bonchev–Trinajstić information content (AvgIpc) is 2.78. The van der Waals surface area contributed by atoms with E-state index in [4.69, 9.17) is 21.4 Å². The Morgan fingerprint density at radius 3 is 2.43 bits per heavy atom. The Morgan fingerprint density at radius 1 is 1.00 bits per heavy atom. The predicted molar refractivity (Wildman–Crippen MR) is 121 cm³/mol. The predicted octanol–water partition coefficient (Wildman–Crippen LogP) is 5.62. The van der Waals surface area contributed by atoms with Gasteiger partial charge >= 0.3 is 12.1 Å². The van der Waals surface area contributed by atoms with E-state index in [-0.39, 0.29) is 43.6 Å². The van der Waals surface area contributed by atoms with Crippen LogP contribution in [-0.4, -0.2) is 35.2 Å². The van der Waals surface area contributed by atoms with Crippen molar-refractivity contribution in [1.82, 2.24) is 9.97 Å². The summed E-state index contributed by atoms with van der Waals surface area (Å²) in [5, 5.41) is 9.14. The summed E-state index contributed by atoms with van der Waals surface area (Å²) in [6, 6.07) is 13.3. The number of benzene rings is 3. The van der Waals surface area contributed by atoms with Crippen LogP contribution in [-0.2, 0) is 20.8 Å². The fraction of sp³-hybridized carbons (Fsp3) is 0.0870. The third-order valence-electron chi connectivity index (χ3n) is 4.88. The molecule has 0 amide bonds. The molecule has 0 atom stereocenters. The largest absolute Gasteiger partial charge is 0.480 e. The number of aromatic nitrogens is 2. The second-order valence-corrected chi connectivity index (χ2v) is 9.69. The number of hydrogen-bond acceptors (Lipinski definition) is 6. The van der Waals surface area contributed by atoms with Crippen LogP contribution in [0, 0.1) is 0 Å². The third-order valence-corrected chi connectivity index (χ3v) is 6.81. The lowest BCUT2D eigenvalue weighted by molar-refractivity contribution is -0.136. The molecule has 12 heteroatoms. The van der Waals surface area contributed by atoms with E-state index in [0.29, 0.717) is 0 Å². The molecule has 180 valence electrons. The molecule has 3 aromatic carbocycles. The first kappa shape index (κ1) is 24.4. The number of halogens is 4. The van der Waals surface area contributed by atoms with Gasteiger partial charge in [0.05, 0.1) is 26.7 Å². The summed E-state index contributed by atoms with van der Waals surface area (Å²) in [4.78, 5) is 18.5. The van der Waals surface area contributed by atoms with Crippen molar-refractivity contribution in [3.8, 4) is 22.8 Å². The van der Waals surface area contributed by atoms with Crippen molar-refractivity contribution in [2.45, 2.75) is 11.1 Å². The summed E-state index contributed by atoms with van der Waals surface area (Å²) in [6.45, 7) is 0. The lowest BCUT2D eigenvalue weighted by Crippen LogP contribution is -2.15. The van der Waals surface area contributed by atoms with E-state index >= 15 is 0 Å². The number of aliphatic carboxylic acids is 1. The van der Waals surface area contributed by atoms with Gasteiger partial charge in [-0.25, -0.2) is 18.4 Å². The van der Waals surface area contributed by atoms with Gasteiger partial charge in [0.25, 0.3) is 0 Å². The molecular weight excluding hydrogens is 509 g/mol. The summed E-state index contributed by atoms with van der Waals surface area (Å²) < 4.78 is 70.5. The van der Waals surface area contributed by atoms with E-state index in [1.165, 1.54) is 54.6 Å². The Bertz CT molecular complexity index is 1560. The summed E-state index contributed by atoms with van der Waals surface area (Å²) in [5.41, 5.74) is -0.787. The summed E-state index contributed by atoms with van der Waals surface area (Å²) in [6.07, 6.45) is -3.61. The van der Waals surface area contributed by atoms with Crippen molar-refractivity contribution in [2.24, 2.45) is 0 Å². The number of fused-ring (bicyclic) bond motifs is 1. The molecule has 1 heterocycles. The maximum atomic E-state index is 13.4. The van der Waals surface area contributed by atoms with Gasteiger partial charge < -0.3 is 9.84 Å². The zero-order valence-corrected chi connectivity index (χ0v) is 19.0. The minimum Gasteiger partial charge on any atom is -0.480 e. The SMILES string of the molecule is O=C(O)CS(=O)(=O)c1cccc(Oc2ccc(Cl)c(-c3ncnc4c(C(F)(F)F)cccc34)c2)c1. The maximum Gasteiger partial charge on any atom is 0.418 e. The fourth-order valence-electron chi connectivity index (χ4n) is 3.39. The number of carbonyl (C=O) groups is 1. The Kier molecular flexibility index (Phi) is 6.39. The Balaban J connectivity index is 1.75. The summed E-state index contributed by atoms with van der Waals surface area (Å²) in [7, 11) is -4.08. The first-order chi connectivity index (χ1) is 16.5. The van der Waals surface area contributed by atoms with Gasteiger partial charge in [0, 0.05) is 10.9 Å². The number of para-hydroxylation sites is 1. The number of hydrogen-bond donors (Lipinski definition) is 1. The monoisotopic (exact) mass is 522 g/mol. The quantitative estimate of drug-likeness (QED) is 0.350. The van der Waals surface area contributed by atoms with Crippen LogP contribution < -0.4 is 4.74 Å². The standard InChI is InChI=1S/C23H14ClF3N2O5S/c24-19-8-7-14(34-13-3-1-4-15(9-13)35(32,33)11-20(30)31)10-17(19)21-16-5-2-6-18(23(25,26)27)22(16)29-12-28-21/h1-10,12H,11H2,(H,30,31). The molecule has 0 aliphatic rings. The molecule has 1 aromatic heterocycles. The lowest BCUT2D eigenvalue weighted by atomic mass is 10.0. The fourth-order valence-corrected chi connectivity index (χ4v) is 4.67. The molecule has 0 unspecified atom stereocenters. The van der Waals surface area contributed by atoms with Crippen molar-refractivity contribution in [3.05, 3.63) is 77.6 Å². The first-order valence-electron chi connectivity index (χ1n) is 9.79. The molecule has 35 heavy (non-hydrogen) atoms. The van der Waals surface area contributed by atoms with Gasteiger partial charge in [0.1, 0.15) is 17.8 Å². The van der Waals surface area contributed by atoms with E-state index in [9.17, 15) is 26.4 Å². The van der Waals surface area contributed by atoms with E-state index in [1.807, 2.05) is 0 Å². The molecule has 0 bridgehead atoms. The molecule has 0 aliphatic carbocycles. The minimum absolute atomic E-state index is 0.0941. The molecule has 0 fully saturated rings. The topological polar surface area (TPSA) is 106 Å². The van der Waals surface area contributed by atoms with Crippen LogP contribution in [0.5, 0.6) is 11.5 Å². The van der Waals surface area contributed by atoms with Crippen molar-refractivity contribution in [2.75, 3.05) is 5.75 Å². The maximum absolute atomic E-state index is 13.4. The Hall–Kier alpha value is -3.70. The number of nitrogens with zero attached hydrogens (tertiary/aromatic N) is 2. The smallest absolute Gasteiger partial charge is 0.418 e. The number of ether oxygens (including phenoxy) is 1. The molecule has 4 rings (SSSR count). The van der Waals surface area contributed by atoms with Crippen LogP contribution in [0.4, 0.5) is 13.2 Å². The molecule has 0 saturated heterocycles. The molecule has 0 spiro atoms. The van der Waals surface area contributed by atoms with Crippen LogP contribution in [0.1, 0.15) is 5.56 Å². The van der Waals surface area contributed by atoms with E-state index in [2.05, 4.69) is 9.97 Å². The van der Waals surface area contributed by atoms with Gasteiger partial charge in [-0.15, -0.1) is 0 Å². The molecule has 0 aliphatic heterocycles. The number of alkyl halides is 3. The first-order valence-corrected chi connectivity index (χ1v) is 11.8. The van der Waals surface area contributed by atoms with Gasteiger partial charge in [-0.3, -0.25) is 4.79 Å². The van der Waals surface area contributed by atoms with Crippen LogP contribution in [0.3, 0.4) is 0 Å². The van der Waals surface area contributed by atoms with Crippen molar-refractivity contribution in [3.63, 3.8) is 0 Å². The number of sulfone groups is 1. The highest BCUT2D eigenvalue weighted by Gasteiger charge is 2.33. The molecule has 4 aromatic rings. The molecule has 0 radical (unpaired) electrons. The normalized spacial score (nSPS) is 12.0. The average molecular weight is 523 g/mol. The highest BCUT2D eigenvalue weighted by molar-refractivity contribution is 7.92. The lowest BCUT2D eigenvalue weighted by Gasteiger charge is -2.13. The second-order valence-electron chi connectivity index (χ2n) is 7.29. The van der Waals surface area contributed by atoms with Gasteiger partial charge in [-0.1, -0.05) is 29.8 Å². The van der Waals surface area contributed by atoms with Gasteiger partial charge in [-0.2, -0.15) is 13.2 Å². The van der Waals surface area contributed by atoms with E-state index < -0.39 is 33.3 Å². The van der Waals surface area contributed by atoms with E-state index in [1.54, 1.807) is 0 Å². The highest BCUT2D eigenvalue weighted by Crippen LogP contribution is 2.39. The van der Waals surface area contributed by atoms with Gasteiger partial charge in [0.2, 0.25) is 0 Å². The number of carboxylic acid groups (broad SMARTS) is 1. The Labute approximate surface area is 201 Å². The molecule has 0 saturated carbocycles. The zero-order valence-electron chi connectivity index (χ0n) is 17.5. The minimum atomic E-state index is -4.62. The van der Waals surface area contributed by atoms with Crippen LogP contribution in [0.15, 0.2) is 71.9 Å². The summed E-state index contributed by atoms with van der Waals surface area (Å²) >= 11 is 6.32. The van der Waals surface area contributed by atoms with Crippen molar-refractivity contribution < 1.29 is 36.2 Å². The van der Waals surface area contributed by atoms with E-state index in [0.717, 1.165) is 12.4 Å². The van der Waals surface area contributed by atoms with Gasteiger partial charge in [-0.05, 0) is 42.5 Å². The van der Waals surface area contributed by atoms with Crippen molar-refractivity contribution in [1.29, 1.82) is 0 Å². The van der Waals surface area contributed by atoms with Crippen LogP contribution >= 0.6 is 11.6 Å². The highest BCUT2D eigenvalue weighted by atomic mass is 35.5. The van der Waals surface area contributed by atoms with Crippen LogP contribution in [0.25, 0.3) is 22.2 Å². The molecule has 7 nitrogen and oxygen atoms in total. The Morgan fingerprint density at radius 2 is 1.71 bits per heavy atom. The second kappa shape index (κ2) is 9.16. The number of carboxylic acids is 1. The van der Waals surface area contributed by atoms with Crippen molar-refractivity contribution >= 4 is 38.3 Å². The summed E-state index contributed by atoms with van der Waals surface area (Å²) in [5.74, 6) is -2.29. The molecule has 1 N–H and O–H groups in total. The van der Waals surface area contributed by atoms with Crippen LogP contribution in [0.2, 0.25) is 5.02 Å². The van der Waals surface area contributed by atoms with Gasteiger partial charge in [0.15, 0.2) is 15.6 Å². The zero-order chi connectivity index (χ0) is 25.4. The third kappa shape index (κ3) is 5.20.